The average Bonchev–Trinajstić information content (AvgIpc) is 3.14. The van der Waals surface area contributed by atoms with Crippen LogP contribution in [0.15, 0.2) is 54.1 Å². The highest BCUT2D eigenvalue weighted by Crippen LogP contribution is 2.37. The molecule has 296 valence electrons. The fourth-order valence-electron chi connectivity index (χ4n) is 5.32. The van der Waals surface area contributed by atoms with Crippen molar-refractivity contribution in [3.63, 3.8) is 0 Å². The van der Waals surface area contributed by atoms with E-state index in [0.29, 0.717) is 41.5 Å². The Kier molecular flexibility index (Phi) is 18.8. The van der Waals surface area contributed by atoms with Gasteiger partial charge in [-0.15, -0.1) is 11.8 Å². The number of allylic oxidation sites excluding steroid dienone is 3. The van der Waals surface area contributed by atoms with Gasteiger partial charge in [-0.3, -0.25) is 24.5 Å². The molecular formula is C37H49ClN4O11S. The number of carbonyl (C=O) groups excluding carboxylic acids is 3. The summed E-state index contributed by atoms with van der Waals surface area (Å²) < 4.78 is 15.7. The van der Waals surface area contributed by atoms with Gasteiger partial charge in [-0.1, -0.05) is 49.2 Å². The van der Waals surface area contributed by atoms with Crippen molar-refractivity contribution in [2.75, 3.05) is 45.5 Å². The number of alkyl carbamates (subject to hydrolysis) is 1. The molecule has 4 rings (SSSR count). The highest BCUT2D eigenvalue weighted by atomic mass is 35.5. The van der Waals surface area contributed by atoms with E-state index in [1.165, 1.54) is 36.9 Å². The zero-order valence-electron chi connectivity index (χ0n) is 31.5. The standard InChI is InChI=1S/C24H31ClN2O5S.C11H12N2O6.C2H6/c1-15-6-4-5-7-17-13-18(32-24(30)26-17)14-33-22(29)9-8-21(28)27(2)19-11-16(10-15)12-20(31-3)23(19)25;1-12(6-10(14)15)11(16)8-4-3-7(13(17)18)5-9(8)19-2;1-2/h4-6,11-12,17-18,22,29H,7-10,13-14H2,1-3H3,(H,26,30);3-5H,6H2,1-2H3,(H,14,15);1-2H3/b5-4+,15-6+;;. The molecule has 1 saturated heterocycles. The summed E-state index contributed by atoms with van der Waals surface area (Å²) in [5.41, 5.74) is 1.79. The number of carboxylic acid groups (broad SMARTS) is 1. The van der Waals surface area contributed by atoms with Gasteiger partial charge >= 0.3 is 12.1 Å². The van der Waals surface area contributed by atoms with Gasteiger partial charge in [0.25, 0.3) is 11.6 Å². The number of likely N-dealkylation sites (N-methyl/N-ethyl adjacent to an activating group) is 1. The van der Waals surface area contributed by atoms with Crippen LogP contribution in [0.25, 0.3) is 0 Å². The molecule has 2 heterocycles. The van der Waals surface area contributed by atoms with Crippen molar-refractivity contribution in [3.05, 3.63) is 80.4 Å². The van der Waals surface area contributed by atoms with Gasteiger partial charge in [0, 0.05) is 44.8 Å². The van der Waals surface area contributed by atoms with Crippen LogP contribution in [0.4, 0.5) is 16.2 Å². The second kappa shape index (κ2) is 22.4. The lowest BCUT2D eigenvalue weighted by atomic mass is 10.0. The van der Waals surface area contributed by atoms with Crippen molar-refractivity contribution in [2.45, 2.75) is 70.5 Å². The van der Waals surface area contributed by atoms with Crippen LogP contribution in [-0.4, -0.2) is 102 Å². The maximum atomic E-state index is 12.8. The number of non-ortho nitro benzene ring substituents is 1. The number of aliphatic hydroxyl groups is 1. The molecule has 0 saturated carbocycles. The number of hydrogen-bond donors (Lipinski definition) is 3. The maximum absolute atomic E-state index is 12.8. The first-order valence-electron chi connectivity index (χ1n) is 17.1. The van der Waals surface area contributed by atoms with Crippen LogP contribution in [0.1, 0.15) is 62.4 Å². The first-order valence-corrected chi connectivity index (χ1v) is 18.6. The number of halogens is 1. The lowest BCUT2D eigenvalue weighted by Gasteiger charge is -2.30. The number of carboxylic acids is 1. The van der Waals surface area contributed by atoms with E-state index in [-0.39, 0.29) is 47.9 Å². The van der Waals surface area contributed by atoms with Gasteiger partial charge in [0.1, 0.15) is 29.2 Å². The number of rotatable bonds is 6. The van der Waals surface area contributed by atoms with E-state index in [2.05, 4.69) is 5.32 Å². The predicted octanol–water partition coefficient (Wildman–Crippen LogP) is 6.25. The zero-order chi connectivity index (χ0) is 40.5. The summed E-state index contributed by atoms with van der Waals surface area (Å²) in [5.74, 6) is -0.890. The van der Waals surface area contributed by atoms with Crippen LogP contribution in [0.2, 0.25) is 5.02 Å². The topological polar surface area (TPSA) is 198 Å². The molecule has 54 heavy (non-hydrogen) atoms. The van der Waals surface area contributed by atoms with Crippen LogP contribution < -0.4 is 19.7 Å². The van der Waals surface area contributed by atoms with Crippen molar-refractivity contribution >= 4 is 58.6 Å². The summed E-state index contributed by atoms with van der Waals surface area (Å²) in [6.45, 7) is 5.56. The molecular weight excluding hydrogens is 744 g/mol. The third-order valence-electron chi connectivity index (χ3n) is 8.02. The van der Waals surface area contributed by atoms with Crippen molar-refractivity contribution in [2.24, 2.45) is 0 Å². The molecule has 3 unspecified atom stereocenters. The number of carbonyl (C=O) groups is 4. The van der Waals surface area contributed by atoms with E-state index in [1.807, 2.05) is 51.1 Å². The van der Waals surface area contributed by atoms with E-state index in [4.69, 9.17) is 30.9 Å². The van der Waals surface area contributed by atoms with Gasteiger partial charge in [0.15, 0.2) is 0 Å². The van der Waals surface area contributed by atoms with Crippen molar-refractivity contribution in [1.82, 2.24) is 10.2 Å². The second-order valence-corrected chi connectivity index (χ2v) is 13.7. The summed E-state index contributed by atoms with van der Waals surface area (Å²) in [4.78, 5) is 59.7. The molecule has 4 bridgehead atoms. The number of hydrogen-bond acceptors (Lipinski definition) is 11. The van der Waals surface area contributed by atoms with E-state index >= 15 is 0 Å². The number of thioether (sulfide) groups is 1. The molecule has 2 aliphatic heterocycles. The second-order valence-electron chi connectivity index (χ2n) is 12.1. The molecule has 3 N–H and O–H groups in total. The van der Waals surface area contributed by atoms with Crippen LogP contribution in [0.3, 0.4) is 0 Å². The first-order chi connectivity index (χ1) is 25.6. The van der Waals surface area contributed by atoms with E-state index in [0.717, 1.165) is 28.2 Å². The predicted molar refractivity (Wildman–Crippen MR) is 208 cm³/mol. The Morgan fingerprint density at radius 3 is 2.48 bits per heavy atom. The number of benzene rings is 2. The Morgan fingerprint density at radius 1 is 1.17 bits per heavy atom. The van der Waals surface area contributed by atoms with Crippen molar-refractivity contribution in [1.29, 1.82) is 0 Å². The molecule has 15 nitrogen and oxygen atoms in total. The number of fused-ring (bicyclic) bond motifs is 4. The summed E-state index contributed by atoms with van der Waals surface area (Å²) in [6, 6.07) is 7.27. The van der Waals surface area contributed by atoms with Crippen LogP contribution in [-0.2, 0) is 20.7 Å². The Morgan fingerprint density at radius 2 is 1.85 bits per heavy atom. The van der Waals surface area contributed by atoms with Crippen LogP contribution >= 0.6 is 23.4 Å². The van der Waals surface area contributed by atoms with Crippen LogP contribution in [0.5, 0.6) is 11.5 Å². The average molecular weight is 793 g/mol. The van der Waals surface area contributed by atoms with Crippen LogP contribution in [0, 0.1) is 10.1 Å². The summed E-state index contributed by atoms with van der Waals surface area (Å²) in [6.07, 6.45) is 7.83. The zero-order valence-corrected chi connectivity index (χ0v) is 33.1. The number of nitrogens with one attached hydrogen (secondary N) is 1. The monoisotopic (exact) mass is 792 g/mol. The number of nitrogens with zero attached hydrogens (tertiary/aromatic N) is 3. The molecule has 2 aromatic rings. The first kappa shape index (κ1) is 45.4. The molecule has 3 atom stereocenters. The molecule has 2 aromatic carbocycles. The van der Waals surface area contributed by atoms with E-state index < -0.39 is 34.9 Å². The van der Waals surface area contributed by atoms with Gasteiger partial charge in [0.05, 0.1) is 41.9 Å². The minimum atomic E-state index is -1.16. The SMILES string of the molecule is CC.COc1cc([N+](=O)[O-])ccc1C(=O)N(C)CC(=O)O.COc1cc2cc(c1Cl)N(C)C(=O)CCC(O)SCC1CC(C/C=C/C=C(\C)C2)NC(=O)O1. The Bertz CT molecular complexity index is 1700. The number of aliphatic hydroxyl groups excluding tert-OH is 1. The third-order valence-corrected chi connectivity index (χ3v) is 9.59. The molecule has 0 radical (unpaired) electrons. The number of aliphatic carboxylic acids is 1. The molecule has 0 spiro atoms. The number of nitro benzene ring substituents is 1. The number of nitro groups is 1. The van der Waals surface area contributed by atoms with E-state index in [9.17, 15) is 34.4 Å². The molecule has 1 fully saturated rings. The Hall–Kier alpha value is -4.80. The summed E-state index contributed by atoms with van der Waals surface area (Å²) >= 11 is 7.81. The Labute approximate surface area is 324 Å². The fourth-order valence-corrected chi connectivity index (χ4v) is 6.56. The molecule has 0 aliphatic carbocycles. The highest BCUT2D eigenvalue weighted by Gasteiger charge is 2.28. The fraction of sp³-hybridized carbons (Fsp3) is 0.459. The summed E-state index contributed by atoms with van der Waals surface area (Å²) in [5, 5.41) is 32.8. The number of anilines is 1. The van der Waals surface area contributed by atoms with Crippen molar-refractivity contribution < 1.29 is 48.5 Å². The highest BCUT2D eigenvalue weighted by molar-refractivity contribution is 7.99. The lowest BCUT2D eigenvalue weighted by Crippen LogP contribution is -2.46. The van der Waals surface area contributed by atoms with Gasteiger partial charge in [0.2, 0.25) is 5.91 Å². The molecule has 0 aromatic heterocycles. The number of amides is 3. The Balaban J connectivity index is 0.000000409. The maximum Gasteiger partial charge on any atom is 0.407 e. The smallest absolute Gasteiger partial charge is 0.407 e. The van der Waals surface area contributed by atoms with Gasteiger partial charge in [-0.25, -0.2) is 4.79 Å². The number of ether oxygens (including phenoxy) is 3. The largest absolute Gasteiger partial charge is 0.496 e. The molecule has 2 aliphatic rings. The van der Waals surface area contributed by atoms with E-state index in [1.54, 1.807) is 14.2 Å². The minimum absolute atomic E-state index is 0.0145. The lowest BCUT2D eigenvalue weighted by molar-refractivity contribution is -0.384. The minimum Gasteiger partial charge on any atom is -0.496 e. The number of methoxy groups -OCH3 is 2. The third kappa shape index (κ3) is 13.9. The normalized spacial score (nSPS) is 20.5. The van der Waals surface area contributed by atoms with Crippen molar-refractivity contribution in [3.8, 4) is 11.5 Å². The van der Waals surface area contributed by atoms with Gasteiger partial charge in [-0.05, 0) is 49.9 Å². The quantitative estimate of drug-likeness (QED) is 0.220. The van der Waals surface area contributed by atoms with Gasteiger partial charge in [-0.2, -0.15) is 0 Å². The van der Waals surface area contributed by atoms with Gasteiger partial charge < -0.3 is 39.5 Å². The summed E-state index contributed by atoms with van der Waals surface area (Å²) in [7, 11) is 5.81. The molecule has 17 heteroatoms. The molecule has 3 amide bonds.